The van der Waals surface area contributed by atoms with Crippen LogP contribution in [0.5, 0.6) is 11.5 Å². The fraction of sp³-hybridized carbons (Fsp3) is 0.500. The standard InChI is InChI=1S/C16H20N4O5S/c1-23-10-14-17-16-11(4-3-7-20(16)18-14)19-26(21,22)13-6-2-5-12-15(13)25-9-8-24-12/h2,5-6,11,19H,3-4,7-10H2,1H3. The summed E-state index contributed by atoms with van der Waals surface area (Å²) in [7, 11) is -2.24. The largest absolute Gasteiger partial charge is 0.486 e. The molecule has 0 spiro atoms. The molecule has 1 unspecified atom stereocenters. The van der Waals surface area contributed by atoms with Gasteiger partial charge in [-0.05, 0) is 25.0 Å². The van der Waals surface area contributed by atoms with E-state index < -0.39 is 16.1 Å². The molecule has 0 fully saturated rings. The molecule has 2 aliphatic heterocycles. The van der Waals surface area contributed by atoms with Gasteiger partial charge in [-0.1, -0.05) is 6.07 Å². The average molecular weight is 380 g/mol. The number of aromatic nitrogens is 3. The molecule has 10 heteroatoms. The first-order chi connectivity index (χ1) is 12.6. The van der Waals surface area contributed by atoms with Gasteiger partial charge in [-0.15, -0.1) is 0 Å². The third-order valence-electron chi connectivity index (χ3n) is 4.31. The molecule has 140 valence electrons. The van der Waals surface area contributed by atoms with Crippen molar-refractivity contribution in [3.05, 3.63) is 29.8 Å². The van der Waals surface area contributed by atoms with Crippen LogP contribution in [-0.4, -0.2) is 43.5 Å². The minimum atomic E-state index is -3.81. The molecule has 0 saturated carbocycles. The van der Waals surface area contributed by atoms with E-state index in [2.05, 4.69) is 14.8 Å². The van der Waals surface area contributed by atoms with E-state index in [4.69, 9.17) is 14.2 Å². The maximum atomic E-state index is 13.0. The van der Waals surface area contributed by atoms with Crippen LogP contribution in [0.1, 0.15) is 30.5 Å². The average Bonchev–Trinajstić information content (AvgIpc) is 3.05. The number of nitrogens with one attached hydrogen (secondary N) is 1. The number of para-hydroxylation sites is 1. The highest BCUT2D eigenvalue weighted by Crippen LogP contribution is 2.37. The zero-order valence-electron chi connectivity index (χ0n) is 14.3. The summed E-state index contributed by atoms with van der Waals surface area (Å²) < 4.78 is 46.5. The molecule has 2 aliphatic rings. The van der Waals surface area contributed by atoms with Gasteiger partial charge in [0.1, 0.15) is 30.5 Å². The van der Waals surface area contributed by atoms with Gasteiger partial charge in [-0.2, -0.15) is 5.10 Å². The number of fused-ring (bicyclic) bond motifs is 2. The summed E-state index contributed by atoms with van der Waals surface area (Å²) in [5, 5.41) is 4.36. The lowest BCUT2D eigenvalue weighted by Crippen LogP contribution is -2.34. The van der Waals surface area contributed by atoms with Gasteiger partial charge in [-0.3, -0.25) is 0 Å². The first-order valence-electron chi connectivity index (χ1n) is 8.42. The first kappa shape index (κ1) is 17.3. The van der Waals surface area contributed by atoms with Gasteiger partial charge in [0.2, 0.25) is 10.0 Å². The van der Waals surface area contributed by atoms with Crippen LogP contribution in [0, 0.1) is 0 Å². The van der Waals surface area contributed by atoms with Crippen molar-refractivity contribution < 1.29 is 22.6 Å². The van der Waals surface area contributed by atoms with Crippen LogP contribution < -0.4 is 14.2 Å². The van der Waals surface area contributed by atoms with Gasteiger partial charge in [0.05, 0.1) is 6.04 Å². The molecule has 3 heterocycles. The highest BCUT2D eigenvalue weighted by molar-refractivity contribution is 7.89. The second-order valence-electron chi connectivity index (χ2n) is 6.14. The van der Waals surface area contributed by atoms with Gasteiger partial charge in [0.15, 0.2) is 17.3 Å². The fourth-order valence-electron chi connectivity index (χ4n) is 3.21. The lowest BCUT2D eigenvalue weighted by molar-refractivity contribution is 0.167. The SMILES string of the molecule is COCc1nc2n(n1)CCCC2NS(=O)(=O)c1cccc2c1OCCO2. The van der Waals surface area contributed by atoms with Crippen LogP contribution in [0.3, 0.4) is 0 Å². The van der Waals surface area contributed by atoms with Crippen LogP contribution in [-0.2, 0) is 27.9 Å². The maximum Gasteiger partial charge on any atom is 0.245 e. The van der Waals surface area contributed by atoms with Crippen LogP contribution in [0.25, 0.3) is 0 Å². The molecular weight excluding hydrogens is 360 g/mol. The first-order valence-corrected chi connectivity index (χ1v) is 9.90. The summed E-state index contributed by atoms with van der Waals surface area (Å²) >= 11 is 0. The third-order valence-corrected chi connectivity index (χ3v) is 5.80. The molecule has 0 amide bonds. The highest BCUT2D eigenvalue weighted by Gasteiger charge is 2.32. The van der Waals surface area contributed by atoms with Crippen molar-refractivity contribution in [1.29, 1.82) is 0 Å². The molecule has 2 aromatic rings. The molecule has 4 rings (SSSR count). The Labute approximate surface area is 151 Å². The third kappa shape index (κ3) is 3.15. The van der Waals surface area contributed by atoms with E-state index in [0.29, 0.717) is 43.6 Å². The predicted octanol–water partition coefficient (Wildman–Crippen LogP) is 1.01. The molecule has 0 radical (unpaired) electrons. The topological polar surface area (TPSA) is 105 Å². The Balaban J connectivity index is 1.64. The Kier molecular flexibility index (Phi) is 4.55. The normalized spacial score (nSPS) is 19.2. The van der Waals surface area contributed by atoms with E-state index in [1.54, 1.807) is 23.9 Å². The summed E-state index contributed by atoms with van der Waals surface area (Å²) in [4.78, 5) is 4.50. The molecule has 1 atom stereocenters. The van der Waals surface area contributed by atoms with Gasteiger partial charge in [-0.25, -0.2) is 22.8 Å². The van der Waals surface area contributed by atoms with Crippen LogP contribution in [0.2, 0.25) is 0 Å². The second kappa shape index (κ2) is 6.86. The number of hydrogen-bond donors (Lipinski definition) is 1. The van der Waals surface area contributed by atoms with Crippen LogP contribution >= 0.6 is 0 Å². The van der Waals surface area contributed by atoms with E-state index in [1.807, 2.05) is 0 Å². The number of methoxy groups -OCH3 is 1. The van der Waals surface area contributed by atoms with Crippen molar-refractivity contribution in [2.24, 2.45) is 0 Å². The molecule has 1 N–H and O–H groups in total. The minimum Gasteiger partial charge on any atom is -0.486 e. The number of hydrogen-bond acceptors (Lipinski definition) is 7. The van der Waals surface area contributed by atoms with E-state index in [9.17, 15) is 8.42 Å². The molecule has 0 bridgehead atoms. The zero-order valence-corrected chi connectivity index (χ0v) is 15.2. The van der Waals surface area contributed by atoms with Crippen molar-refractivity contribution in [3.8, 4) is 11.5 Å². The number of rotatable bonds is 5. The Hall–Kier alpha value is -2.17. The summed E-state index contributed by atoms with van der Waals surface area (Å²) in [5.74, 6) is 1.84. The van der Waals surface area contributed by atoms with Crippen LogP contribution in [0.4, 0.5) is 0 Å². The predicted molar refractivity (Wildman–Crippen MR) is 90.5 cm³/mol. The quantitative estimate of drug-likeness (QED) is 0.825. The summed E-state index contributed by atoms with van der Waals surface area (Å²) in [5.41, 5.74) is 0. The molecule has 9 nitrogen and oxygen atoms in total. The number of ether oxygens (including phenoxy) is 3. The maximum absolute atomic E-state index is 13.0. The monoisotopic (exact) mass is 380 g/mol. The molecule has 0 aliphatic carbocycles. The van der Waals surface area contributed by atoms with Gasteiger partial charge >= 0.3 is 0 Å². The van der Waals surface area contributed by atoms with Crippen molar-refractivity contribution in [3.63, 3.8) is 0 Å². The zero-order chi connectivity index (χ0) is 18.1. The Bertz CT molecular complexity index is 911. The number of aryl methyl sites for hydroxylation is 1. The summed E-state index contributed by atoms with van der Waals surface area (Å²) in [6.45, 7) is 1.72. The van der Waals surface area contributed by atoms with E-state index in [0.717, 1.165) is 6.42 Å². The number of sulfonamides is 1. The van der Waals surface area contributed by atoms with Crippen molar-refractivity contribution in [1.82, 2.24) is 19.5 Å². The molecular formula is C16H20N4O5S. The van der Waals surface area contributed by atoms with E-state index in [1.165, 1.54) is 6.07 Å². The van der Waals surface area contributed by atoms with Gasteiger partial charge in [0.25, 0.3) is 0 Å². The van der Waals surface area contributed by atoms with Gasteiger partial charge < -0.3 is 14.2 Å². The lowest BCUT2D eigenvalue weighted by atomic mass is 10.1. The highest BCUT2D eigenvalue weighted by atomic mass is 32.2. The van der Waals surface area contributed by atoms with Crippen LogP contribution in [0.15, 0.2) is 23.1 Å². The molecule has 1 aromatic heterocycles. The van der Waals surface area contributed by atoms with E-state index >= 15 is 0 Å². The Morgan fingerprint density at radius 1 is 1.35 bits per heavy atom. The molecule has 1 aromatic carbocycles. The van der Waals surface area contributed by atoms with Crippen molar-refractivity contribution in [2.45, 2.75) is 36.9 Å². The smallest absolute Gasteiger partial charge is 0.245 e. The number of nitrogens with zero attached hydrogens (tertiary/aromatic N) is 3. The second-order valence-corrected chi connectivity index (χ2v) is 7.82. The van der Waals surface area contributed by atoms with Gasteiger partial charge in [0, 0.05) is 13.7 Å². The molecule has 0 saturated heterocycles. The number of benzene rings is 1. The fourth-order valence-corrected chi connectivity index (χ4v) is 4.60. The Morgan fingerprint density at radius 3 is 3.04 bits per heavy atom. The van der Waals surface area contributed by atoms with Crippen molar-refractivity contribution >= 4 is 10.0 Å². The summed E-state index contributed by atoms with van der Waals surface area (Å²) in [6, 6.07) is 4.40. The molecule has 26 heavy (non-hydrogen) atoms. The minimum absolute atomic E-state index is 0.0726. The lowest BCUT2D eigenvalue weighted by Gasteiger charge is -2.25. The Morgan fingerprint density at radius 2 is 2.19 bits per heavy atom. The van der Waals surface area contributed by atoms with E-state index in [-0.39, 0.29) is 17.3 Å². The van der Waals surface area contributed by atoms with Crippen molar-refractivity contribution in [2.75, 3.05) is 20.3 Å². The summed E-state index contributed by atoms with van der Waals surface area (Å²) in [6.07, 6.45) is 1.46.